The second-order valence-electron chi connectivity index (χ2n) is 12.6. The van der Waals surface area contributed by atoms with Gasteiger partial charge in [0.15, 0.2) is 0 Å². The van der Waals surface area contributed by atoms with Crippen LogP contribution in [0.1, 0.15) is 62.9 Å². The van der Waals surface area contributed by atoms with Gasteiger partial charge in [-0.2, -0.15) is 9.65 Å². The Bertz CT molecular complexity index is 1710. The quantitative estimate of drug-likeness (QED) is 0.0786. The molecule has 15 heteroatoms. The molecule has 47 heavy (non-hydrogen) atoms. The van der Waals surface area contributed by atoms with E-state index < -0.39 is 30.0 Å². The fraction of sp³-hybridized carbons (Fsp3) is 0.438. The number of hydrogen-bond acceptors (Lipinski definition) is 10. The van der Waals surface area contributed by atoms with Crippen molar-refractivity contribution in [2.75, 3.05) is 30.0 Å². The monoisotopic (exact) mass is 674 g/mol. The molecule has 2 heterocycles. The predicted octanol–water partition coefficient (Wildman–Crippen LogP) is 5.90. The minimum absolute atomic E-state index is 0.110. The fourth-order valence-electron chi connectivity index (χ4n) is 5.04. The molecule has 2 aromatic heterocycles. The van der Waals surface area contributed by atoms with Crippen LogP contribution in [0, 0.1) is 29.6 Å². The summed E-state index contributed by atoms with van der Waals surface area (Å²) in [6.07, 6.45) is -0.847. The molecule has 6 N–H and O–H groups in total. The van der Waals surface area contributed by atoms with Crippen LogP contribution in [0.4, 0.5) is 29.3 Å². The number of carbonyl (C=O) groups excluding carboxylic acids is 1. The third kappa shape index (κ3) is 7.81. The number of fused-ring (bicyclic) bond motifs is 1. The van der Waals surface area contributed by atoms with Gasteiger partial charge in [-0.15, -0.1) is 0 Å². The number of hydrazine groups is 1. The third-order valence-electron chi connectivity index (χ3n) is 7.76. The van der Waals surface area contributed by atoms with Crippen molar-refractivity contribution < 1.29 is 27.8 Å². The van der Waals surface area contributed by atoms with Gasteiger partial charge in [-0.05, 0) is 43.4 Å². The highest BCUT2D eigenvalue weighted by Crippen LogP contribution is 2.46. The Morgan fingerprint density at radius 3 is 2.60 bits per heavy atom. The zero-order valence-electron chi connectivity index (χ0n) is 26.5. The molecular formula is C32H38ClF3N8O3. The Morgan fingerprint density at radius 2 is 2.02 bits per heavy atom. The second-order valence-corrected chi connectivity index (χ2v) is 13.0. The summed E-state index contributed by atoms with van der Waals surface area (Å²) in [5.41, 5.74) is 6.12. The van der Waals surface area contributed by atoms with Gasteiger partial charge in [0.2, 0.25) is 5.95 Å². The number of aryl methyl sites for hydroxylation is 1. The molecule has 11 nitrogen and oxygen atoms in total. The maximum absolute atomic E-state index is 14.2. The van der Waals surface area contributed by atoms with E-state index in [1.54, 1.807) is 6.07 Å². The number of amides is 1. The number of nitrogens with one attached hydrogen (secondary N) is 1. The highest BCUT2D eigenvalue weighted by Gasteiger charge is 2.55. The van der Waals surface area contributed by atoms with Gasteiger partial charge in [0.1, 0.15) is 17.6 Å². The number of aliphatic hydroxyl groups is 1. The maximum atomic E-state index is 14.2. The lowest BCUT2D eigenvalue weighted by Crippen LogP contribution is -2.46. The number of nitrogens with two attached hydrogens (primary N) is 2. The van der Waals surface area contributed by atoms with E-state index in [1.807, 2.05) is 20.8 Å². The van der Waals surface area contributed by atoms with Crippen molar-refractivity contribution in [2.45, 2.75) is 65.0 Å². The lowest BCUT2D eigenvalue weighted by molar-refractivity contribution is 0.0304. The van der Waals surface area contributed by atoms with Crippen LogP contribution < -0.4 is 21.8 Å². The first kappa shape index (κ1) is 35.5. The Hall–Kier alpha value is -4.32. The number of nitrogens with zero attached hydrogens (tertiary/aromatic N) is 5. The number of alkyl halides is 2. The van der Waals surface area contributed by atoms with Crippen LogP contribution in [0.2, 0.25) is 5.02 Å². The molecule has 1 saturated carbocycles. The molecule has 1 unspecified atom stereocenters. The average molecular weight is 675 g/mol. The van der Waals surface area contributed by atoms with Crippen molar-refractivity contribution in [3.63, 3.8) is 0 Å². The van der Waals surface area contributed by atoms with Crippen LogP contribution in [-0.4, -0.2) is 57.9 Å². The molecule has 0 spiro atoms. The van der Waals surface area contributed by atoms with Gasteiger partial charge >= 0.3 is 6.09 Å². The van der Waals surface area contributed by atoms with Crippen LogP contribution in [0.3, 0.4) is 0 Å². The van der Waals surface area contributed by atoms with E-state index in [-0.39, 0.29) is 71.1 Å². The van der Waals surface area contributed by atoms with Crippen molar-refractivity contribution in [3.05, 3.63) is 70.2 Å². The molecular weight excluding hydrogens is 637 g/mol. The third-order valence-corrected chi connectivity index (χ3v) is 8.05. The Labute approximate surface area is 275 Å². The summed E-state index contributed by atoms with van der Waals surface area (Å²) in [5, 5.41) is 23.9. The highest BCUT2D eigenvalue weighted by atomic mass is 35.5. The minimum Gasteiger partial charge on any atom is -0.449 e. The molecule has 1 amide bonds. The standard InChI is InChI=1S/C32H38ClF3N8O3/c1-18-21(6-7-25(34)42-18)28(24(38)16-43(39)32(8-9-32)29(35)36)44(30(46)47-11-5-10-45)20-12-22-26(41-17-31(2,3)4)19(14-37)15-40-27(22)23(33)13-20/h6-7,12-13,15-16,28-29,45H,5,8-11,17,38-39H2,1-4H3,(H,40,41)/b24-16-. The van der Waals surface area contributed by atoms with E-state index in [9.17, 15) is 28.3 Å². The van der Waals surface area contributed by atoms with E-state index in [1.165, 1.54) is 25.3 Å². The first-order valence-electron chi connectivity index (χ1n) is 14.9. The van der Waals surface area contributed by atoms with Gasteiger partial charge in [-0.1, -0.05) is 38.4 Å². The van der Waals surface area contributed by atoms with Crippen molar-refractivity contribution in [2.24, 2.45) is 17.0 Å². The summed E-state index contributed by atoms with van der Waals surface area (Å²) in [4.78, 5) is 23.4. The van der Waals surface area contributed by atoms with Crippen molar-refractivity contribution in [3.8, 4) is 6.07 Å². The highest BCUT2D eigenvalue weighted by molar-refractivity contribution is 6.36. The summed E-state index contributed by atoms with van der Waals surface area (Å²) in [6.45, 7) is 7.56. The number of ether oxygens (including phenoxy) is 1. The van der Waals surface area contributed by atoms with Gasteiger partial charge in [0.25, 0.3) is 6.43 Å². The predicted molar refractivity (Wildman–Crippen MR) is 173 cm³/mol. The van der Waals surface area contributed by atoms with Crippen molar-refractivity contribution in [1.29, 1.82) is 5.26 Å². The number of pyridine rings is 2. The molecule has 0 bridgehead atoms. The van der Waals surface area contributed by atoms with Gasteiger partial charge in [0, 0.05) is 48.6 Å². The van der Waals surface area contributed by atoms with Crippen LogP contribution >= 0.6 is 11.6 Å². The number of halogens is 4. The Morgan fingerprint density at radius 1 is 1.32 bits per heavy atom. The SMILES string of the molecule is Cc1nc(F)ccc1C(/C(N)=C/N(N)C1(C(F)F)CC1)N(C(=O)OCCCO)c1cc(Cl)c2ncc(C#N)c(NCC(C)(C)C)c2c1. The van der Waals surface area contributed by atoms with E-state index in [4.69, 9.17) is 27.9 Å². The Balaban J connectivity index is 1.99. The summed E-state index contributed by atoms with van der Waals surface area (Å²) in [6, 6.07) is 6.26. The number of aliphatic hydroxyl groups excluding tert-OH is 1. The molecule has 1 atom stereocenters. The van der Waals surface area contributed by atoms with Crippen molar-refractivity contribution >= 4 is 40.0 Å². The number of benzene rings is 1. The number of hydrogen-bond donors (Lipinski definition) is 4. The number of nitriles is 1. The zero-order valence-corrected chi connectivity index (χ0v) is 27.3. The Kier molecular flexibility index (Phi) is 10.7. The first-order valence-corrected chi connectivity index (χ1v) is 15.3. The topological polar surface area (TPSA) is 167 Å². The lowest BCUT2D eigenvalue weighted by atomic mass is 9.96. The van der Waals surface area contributed by atoms with Crippen LogP contribution in [0.25, 0.3) is 10.9 Å². The number of aromatic nitrogens is 2. The van der Waals surface area contributed by atoms with Gasteiger partial charge in [0.05, 0.1) is 39.8 Å². The molecule has 1 fully saturated rings. The molecule has 0 aliphatic heterocycles. The number of anilines is 2. The molecule has 4 rings (SSSR count). The molecule has 252 valence electrons. The minimum atomic E-state index is -2.77. The first-order chi connectivity index (χ1) is 22.1. The van der Waals surface area contributed by atoms with Gasteiger partial charge in [-0.3, -0.25) is 9.88 Å². The summed E-state index contributed by atoms with van der Waals surface area (Å²) in [5.74, 6) is 5.32. The maximum Gasteiger partial charge on any atom is 0.415 e. The molecule has 1 aliphatic carbocycles. The molecule has 0 radical (unpaired) electrons. The van der Waals surface area contributed by atoms with E-state index in [0.29, 0.717) is 23.1 Å². The molecule has 1 aromatic carbocycles. The average Bonchev–Trinajstić information content (AvgIpc) is 3.81. The van der Waals surface area contributed by atoms with Crippen molar-refractivity contribution in [1.82, 2.24) is 15.0 Å². The summed E-state index contributed by atoms with van der Waals surface area (Å²) >= 11 is 6.76. The second kappa shape index (κ2) is 14.2. The normalized spacial score (nSPS) is 14.9. The number of rotatable bonds is 12. The fourth-order valence-corrected chi connectivity index (χ4v) is 5.30. The van der Waals surface area contributed by atoms with E-state index in [0.717, 1.165) is 22.2 Å². The molecule has 1 aliphatic rings. The molecule has 3 aromatic rings. The molecule has 0 saturated heterocycles. The van der Waals surface area contributed by atoms with Crippen LogP contribution in [0.15, 0.2) is 42.4 Å². The largest absolute Gasteiger partial charge is 0.449 e. The van der Waals surface area contributed by atoms with Crippen LogP contribution in [-0.2, 0) is 4.74 Å². The van der Waals surface area contributed by atoms with E-state index >= 15 is 0 Å². The lowest BCUT2D eigenvalue weighted by Gasteiger charge is -2.34. The van der Waals surface area contributed by atoms with Gasteiger partial charge < -0.3 is 25.9 Å². The van der Waals surface area contributed by atoms with Gasteiger partial charge in [-0.25, -0.2) is 24.4 Å². The number of carbonyl (C=O) groups is 1. The zero-order chi connectivity index (χ0) is 34.7. The summed E-state index contributed by atoms with van der Waals surface area (Å²) in [7, 11) is 0. The smallest absolute Gasteiger partial charge is 0.415 e. The summed E-state index contributed by atoms with van der Waals surface area (Å²) < 4.78 is 47.7. The van der Waals surface area contributed by atoms with E-state index in [2.05, 4.69) is 21.4 Å². The van der Waals surface area contributed by atoms with Crippen LogP contribution in [0.5, 0.6) is 0 Å².